The van der Waals surface area contributed by atoms with Crippen molar-refractivity contribution in [3.8, 4) is 0 Å². The van der Waals surface area contributed by atoms with Crippen molar-refractivity contribution in [1.82, 2.24) is 9.03 Å². The molecule has 1 aromatic rings. The Hall–Kier alpha value is -2.05. The first-order chi connectivity index (χ1) is 14.3. The van der Waals surface area contributed by atoms with Gasteiger partial charge >= 0.3 is 16.3 Å². The highest BCUT2D eigenvalue weighted by Gasteiger charge is 2.32. The Balaban J connectivity index is 1.96. The average Bonchev–Trinajstić information content (AvgIpc) is 2.88. The topological polar surface area (TPSA) is 129 Å². The molecular weight excluding hydrogens is 495 g/mol. The molecule has 12 heteroatoms. The summed E-state index contributed by atoms with van der Waals surface area (Å²) in [5.41, 5.74) is -0.463. The molecule has 1 atom stereocenters. The van der Waals surface area contributed by atoms with Crippen molar-refractivity contribution >= 4 is 49.5 Å². The molecule has 0 saturated carbocycles. The van der Waals surface area contributed by atoms with Crippen LogP contribution in [-0.2, 0) is 19.7 Å². The normalized spacial score (nSPS) is 18.0. The number of Topliss-reactive ketones (excluding diaryl/α,β-unsaturated/α-hetero) is 1. The van der Waals surface area contributed by atoms with Crippen molar-refractivity contribution in [3.63, 3.8) is 0 Å². The van der Waals surface area contributed by atoms with E-state index in [9.17, 15) is 22.4 Å². The zero-order valence-electron chi connectivity index (χ0n) is 17.5. The Morgan fingerprint density at radius 3 is 2.55 bits per heavy atom. The van der Waals surface area contributed by atoms with Crippen LogP contribution in [-0.4, -0.2) is 49.1 Å². The monoisotopic (exact) mass is 520 g/mol. The highest BCUT2D eigenvalue weighted by atomic mass is 79.9. The van der Waals surface area contributed by atoms with Gasteiger partial charge in [-0.3, -0.25) is 10.2 Å². The summed E-state index contributed by atoms with van der Waals surface area (Å²) in [5, 5.41) is 10.7. The highest BCUT2D eigenvalue weighted by molar-refractivity contribution is 9.10. The number of ketones is 1. The van der Waals surface area contributed by atoms with Gasteiger partial charge in [0.2, 0.25) is 5.78 Å². The second kappa shape index (κ2) is 10.0. The zero-order valence-corrected chi connectivity index (χ0v) is 19.9. The standard InChI is InChI=1S/C19H26BrFN4O5S/c1-19(2,3)30-18(27)24-31(28,29)25-9-4-5-12(8-10-25)16(26)17(22)23-13-6-7-15(21)14(20)11-13/h6-7,11-12H,4-5,8-10H2,1-3H3,(H2,22,23)(H,24,27). The Morgan fingerprint density at radius 2 is 1.94 bits per heavy atom. The number of carbonyl (C=O) groups excluding carboxylic acids is 2. The first-order valence-corrected chi connectivity index (χ1v) is 11.9. The number of nitrogens with one attached hydrogen (secondary N) is 3. The molecular formula is C19H26BrFN4O5S. The minimum absolute atomic E-state index is 0.0178. The van der Waals surface area contributed by atoms with Crippen LogP contribution in [0.4, 0.5) is 14.9 Å². The van der Waals surface area contributed by atoms with E-state index in [4.69, 9.17) is 10.1 Å². The van der Waals surface area contributed by atoms with Crippen molar-refractivity contribution in [2.45, 2.75) is 45.6 Å². The summed E-state index contributed by atoms with van der Waals surface area (Å²) >= 11 is 3.05. The van der Waals surface area contributed by atoms with E-state index in [-0.39, 0.29) is 29.8 Å². The molecule has 3 N–H and O–H groups in total. The van der Waals surface area contributed by atoms with Gasteiger partial charge in [-0.25, -0.2) is 13.9 Å². The van der Waals surface area contributed by atoms with Crippen LogP contribution in [0.3, 0.4) is 0 Å². The molecule has 1 unspecified atom stereocenters. The van der Waals surface area contributed by atoms with Gasteiger partial charge in [0.05, 0.1) is 4.47 Å². The SMILES string of the molecule is CC(C)(C)OC(=O)NS(=O)(=O)N1CCCC(C(=O)C(=N)Nc2ccc(F)c(Br)c2)CC1. The van der Waals surface area contributed by atoms with E-state index in [1.807, 2.05) is 4.72 Å². The van der Waals surface area contributed by atoms with Crippen LogP contribution in [0.1, 0.15) is 40.0 Å². The van der Waals surface area contributed by atoms with E-state index in [0.717, 1.165) is 4.31 Å². The van der Waals surface area contributed by atoms with Crippen molar-refractivity contribution in [2.24, 2.45) is 5.92 Å². The molecule has 0 spiro atoms. The average molecular weight is 521 g/mol. The number of ether oxygens (including phenoxy) is 1. The first kappa shape index (κ1) is 25.2. The van der Waals surface area contributed by atoms with Gasteiger partial charge < -0.3 is 10.1 Å². The lowest BCUT2D eigenvalue weighted by molar-refractivity contribution is -0.116. The van der Waals surface area contributed by atoms with Crippen LogP contribution >= 0.6 is 15.9 Å². The van der Waals surface area contributed by atoms with E-state index in [1.165, 1.54) is 18.2 Å². The molecule has 1 saturated heterocycles. The molecule has 0 aliphatic carbocycles. The molecule has 172 valence electrons. The van der Waals surface area contributed by atoms with Crippen molar-refractivity contribution in [2.75, 3.05) is 18.4 Å². The predicted octanol–water partition coefficient (Wildman–Crippen LogP) is 3.42. The molecule has 0 radical (unpaired) electrons. The lowest BCUT2D eigenvalue weighted by Gasteiger charge is -2.23. The number of amides is 1. The van der Waals surface area contributed by atoms with E-state index in [2.05, 4.69) is 21.2 Å². The Labute approximate surface area is 189 Å². The molecule has 31 heavy (non-hydrogen) atoms. The summed E-state index contributed by atoms with van der Waals surface area (Å²) in [7, 11) is -4.12. The van der Waals surface area contributed by atoms with E-state index >= 15 is 0 Å². The lowest BCUT2D eigenvalue weighted by atomic mass is 9.95. The number of nitrogens with zero attached hydrogens (tertiary/aromatic N) is 1. The van der Waals surface area contributed by atoms with Crippen LogP contribution in [0.2, 0.25) is 0 Å². The molecule has 1 fully saturated rings. The molecule has 1 aliphatic heterocycles. The third kappa shape index (κ3) is 7.54. The minimum atomic E-state index is -4.12. The number of carbonyl (C=O) groups is 2. The summed E-state index contributed by atoms with van der Waals surface area (Å²) in [5.74, 6) is -1.83. The maximum Gasteiger partial charge on any atom is 0.422 e. The summed E-state index contributed by atoms with van der Waals surface area (Å²) in [6, 6.07) is 4.03. The van der Waals surface area contributed by atoms with Gasteiger partial charge in [0.1, 0.15) is 11.4 Å². The molecule has 9 nitrogen and oxygen atoms in total. The third-order valence-electron chi connectivity index (χ3n) is 4.44. The number of rotatable bonds is 5. The number of benzene rings is 1. The van der Waals surface area contributed by atoms with Gasteiger partial charge in [0.25, 0.3) is 0 Å². The van der Waals surface area contributed by atoms with Gasteiger partial charge in [0.15, 0.2) is 5.84 Å². The van der Waals surface area contributed by atoms with Crippen LogP contribution in [0.15, 0.2) is 22.7 Å². The fraction of sp³-hybridized carbons (Fsp3) is 0.526. The van der Waals surface area contributed by atoms with E-state index < -0.39 is 39.4 Å². The Morgan fingerprint density at radius 1 is 1.26 bits per heavy atom. The third-order valence-corrected chi connectivity index (χ3v) is 6.52. The van der Waals surface area contributed by atoms with Crippen molar-refractivity contribution in [1.29, 1.82) is 5.41 Å². The van der Waals surface area contributed by atoms with Crippen molar-refractivity contribution < 1.29 is 27.1 Å². The summed E-state index contributed by atoms with van der Waals surface area (Å²) in [6.07, 6.45) is -0.0819. The first-order valence-electron chi connectivity index (χ1n) is 9.64. The fourth-order valence-electron chi connectivity index (χ4n) is 3.03. The Kier molecular flexibility index (Phi) is 8.17. The molecule has 1 aromatic carbocycles. The number of hydrogen-bond donors (Lipinski definition) is 3. The van der Waals surface area contributed by atoms with E-state index in [0.29, 0.717) is 18.5 Å². The number of hydrogen-bond acceptors (Lipinski definition) is 6. The number of anilines is 1. The molecule has 1 aliphatic rings. The van der Waals surface area contributed by atoms with Gasteiger partial charge in [-0.05, 0) is 74.2 Å². The summed E-state index contributed by atoms with van der Waals surface area (Å²) < 4.78 is 46.5. The molecule has 1 heterocycles. The predicted molar refractivity (Wildman–Crippen MR) is 118 cm³/mol. The molecule has 0 bridgehead atoms. The molecule has 1 amide bonds. The molecule has 0 aromatic heterocycles. The number of amidine groups is 1. The minimum Gasteiger partial charge on any atom is -0.443 e. The summed E-state index contributed by atoms with van der Waals surface area (Å²) in [6.45, 7) is 5.01. The zero-order chi connectivity index (χ0) is 23.4. The maximum absolute atomic E-state index is 13.3. The quantitative estimate of drug-likeness (QED) is 0.403. The van der Waals surface area contributed by atoms with E-state index in [1.54, 1.807) is 20.8 Å². The summed E-state index contributed by atoms with van der Waals surface area (Å²) in [4.78, 5) is 24.5. The molecule has 2 rings (SSSR count). The smallest absolute Gasteiger partial charge is 0.422 e. The fourth-order valence-corrected chi connectivity index (χ4v) is 4.50. The van der Waals surface area contributed by atoms with Crippen molar-refractivity contribution in [3.05, 3.63) is 28.5 Å². The number of halogens is 2. The second-order valence-corrected chi connectivity index (χ2v) is 10.7. The van der Waals surface area contributed by atoms with Gasteiger partial charge in [0, 0.05) is 24.7 Å². The Bertz CT molecular complexity index is 965. The van der Waals surface area contributed by atoms with Crippen LogP contribution < -0.4 is 10.0 Å². The lowest BCUT2D eigenvalue weighted by Crippen LogP contribution is -2.45. The highest BCUT2D eigenvalue weighted by Crippen LogP contribution is 2.23. The van der Waals surface area contributed by atoms with Gasteiger partial charge in [-0.2, -0.15) is 12.7 Å². The van der Waals surface area contributed by atoms with Gasteiger partial charge in [-0.15, -0.1) is 0 Å². The van der Waals surface area contributed by atoms with Gasteiger partial charge in [-0.1, -0.05) is 0 Å². The van der Waals surface area contributed by atoms with Crippen LogP contribution in [0, 0.1) is 17.1 Å². The second-order valence-electron chi connectivity index (χ2n) is 8.13. The maximum atomic E-state index is 13.3. The van der Waals surface area contributed by atoms with Crippen LogP contribution in [0.25, 0.3) is 0 Å². The largest absolute Gasteiger partial charge is 0.443 e. The van der Waals surface area contributed by atoms with Crippen LogP contribution in [0.5, 0.6) is 0 Å².